The third-order valence-corrected chi connectivity index (χ3v) is 4.22. The SMILES string of the molecule is NS(=O)(=O)CCCCCCOc1cc([N+](=O)[O-])ccc1Br. The molecule has 1 aromatic rings. The Balaban J connectivity index is 2.30. The van der Waals surface area contributed by atoms with Gasteiger partial charge in [0.05, 0.1) is 27.8 Å². The van der Waals surface area contributed by atoms with E-state index in [9.17, 15) is 18.5 Å². The third kappa shape index (κ3) is 7.39. The minimum Gasteiger partial charge on any atom is -0.492 e. The van der Waals surface area contributed by atoms with Crippen molar-refractivity contribution in [1.82, 2.24) is 0 Å². The normalized spacial score (nSPS) is 11.3. The van der Waals surface area contributed by atoms with E-state index in [0.29, 0.717) is 23.2 Å². The van der Waals surface area contributed by atoms with Crippen molar-refractivity contribution in [3.05, 3.63) is 32.8 Å². The highest BCUT2D eigenvalue weighted by Gasteiger charge is 2.10. The molecule has 0 saturated heterocycles. The molecule has 7 nitrogen and oxygen atoms in total. The Morgan fingerprint density at radius 2 is 1.90 bits per heavy atom. The molecule has 0 atom stereocenters. The molecule has 9 heteroatoms. The maximum atomic E-state index is 10.7. The van der Waals surface area contributed by atoms with Crippen LogP contribution >= 0.6 is 15.9 Å². The Labute approximate surface area is 131 Å². The van der Waals surface area contributed by atoms with Crippen molar-refractivity contribution in [2.24, 2.45) is 5.14 Å². The molecule has 0 unspecified atom stereocenters. The van der Waals surface area contributed by atoms with Crippen LogP contribution in [-0.4, -0.2) is 25.7 Å². The van der Waals surface area contributed by atoms with E-state index in [1.807, 2.05) is 0 Å². The van der Waals surface area contributed by atoms with Gasteiger partial charge in [0.2, 0.25) is 10.0 Å². The summed E-state index contributed by atoms with van der Waals surface area (Å²) in [5, 5.41) is 15.6. The molecule has 0 saturated carbocycles. The molecule has 0 aliphatic heterocycles. The largest absolute Gasteiger partial charge is 0.492 e. The molecule has 1 aromatic carbocycles. The van der Waals surface area contributed by atoms with Crippen LogP contribution in [0.15, 0.2) is 22.7 Å². The van der Waals surface area contributed by atoms with Gasteiger partial charge in [-0.15, -0.1) is 0 Å². The van der Waals surface area contributed by atoms with E-state index in [0.717, 1.165) is 19.3 Å². The first-order valence-electron chi connectivity index (χ1n) is 6.37. The van der Waals surface area contributed by atoms with Gasteiger partial charge in [-0.1, -0.05) is 12.8 Å². The third-order valence-electron chi connectivity index (χ3n) is 2.71. The molecule has 0 aliphatic rings. The minimum atomic E-state index is -3.38. The fourth-order valence-electron chi connectivity index (χ4n) is 1.66. The van der Waals surface area contributed by atoms with Gasteiger partial charge >= 0.3 is 0 Å². The summed E-state index contributed by atoms with van der Waals surface area (Å²) < 4.78 is 27.6. The lowest BCUT2D eigenvalue weighted by molar-refractivity contribution is -0.385. The quantitative estimate of drug-likeness (QED) is 0.401. The average Bonchev–Trinajstić information content (AvgIpc) is 2.38. The highest BCUT2D eigenvalue weighted by atomic mass is 79.9. The van der Waals surface area contributed by atoms with Gasteiger partial charge in [0.25, 0.3) is 5.69 Å². The molecule has 0 aliphatic carbocycles. The van der Waals surface area contributed by atoms with Crippen LogP contribution in [0.1, 0.15) is 25.7 Å². The number of nitro groups is 1. The minimum absolute atomic E-state index is 0.00964. The zero-order chi connectivity index (χ0) is 15.9. The van der Waals surface area contributed by atoms with Crippen molar-refractivity contribution in [3.63, 3.8) is 0 Å². The Morgan fingerprint density at radius 1 is 1.24 bits per heavy atom. The number of ether oxygens (including phenoxy) is 1. The van der Waals surface area contributed by atoms with Crippen LogP contribution in [0.25, 0.3) is 0 Å². The lowest BCUT2D eigenvalue weighted by atomic mass is 10.2. The number of hydrogen-bond donors (Lipinski definition) is 1. The van der Waals surface area contributed by atoms with Crippen molar-refractivity contribution in [2.75, 3.05) is 12.4 Å². The molecule has 0 amide bonds. The molecule has 21 heavy (non-hydrogen) atoms. The van der Waals surface area contributed by atoms with Crippen LogP contribution in [0.4, 0.5) is 5.69 Å². The number of nitro benzene ring substituents is 1. The molecule has 0 radical (unpaired) electrons. The van der Waals surface area contributed by atoms with Crippen LogP contribution in [0.3, 0.4) is 0 Å². The average molecular weight is 381 g/mol. The Kier molecular flexibility index (Phi) is 7.06. The summed E-state index contributed by atoms with van der Waals surface area (Å²) in [6, 6.07) is 4.33. The summed E-state index contributed by atoms with van der Waals surface area (Å²) >= 11 is 3.27. The molecule has 0 spiro atoms. The molecule has 0 bridgehead atoms. The van der Waals surface area contributed by atoms with Crippen molar-refractivity contribution in [2.45, 2.75) is 25.7 Å². The molecular formula is C12H17BrN2O5S. The maximum absolute atomic E-state index is 10.7. The second kappa shape index (κ2) is 8.30. The molecule has 0 fully saturated rings. The van der Waals surface area contributed by atoms with Gasteiger partial charge in [-0.2, -0.15) is 0 Å². The second-order valence-electron chi connectivity index (χ2n) is 4.50. The van der Waals surface area contributed by atoms with E-state index in [2.05, 4.69) is 15.9 Å². The summed E-state index contributed by atoms with van der Waals surface area (Å²) in [7, 11) is -3.38. The number of primary sulfonamides is 1. The summed E-state index contributed by atoms with van der Waals surface area (Å²) in [5.41, 5.74) is -0.0265. The smallest absolute Gasteiger partial charge is 0.273 e. The fourth-order valence-corrected chi connectivity index (χ4v) is 2.62. The first-order chi connectivity index (χ1) is 9.79. The summed E-state index contributed by atoms with van der Waals surface area (Å²) in [6.07, 6.45) is 2.82. The van der Waals surface area contributed by atoms with Gasteiger partial charge in [0.1, 0.15) is 5.75 Å². The number of hydrogen-bond acceptors (Lipinski definition) is 5. The van der Waals surface area contributed by atoms with Gasteiger partial charge in [-0.05, 0) is 34.8 Å². The van der Waals surface area contributed by atoms with Crippen LogP contribution < -0.4 is 9.88 Å². The van der Waals surface area contributed by atoms with Crippen molar-refractivity contribution in [3.8, 4) is 5.75 Å². The van der Waals surface area contributed by atoms with E-state index < -0.39 is 14.9 Å². The van der Waals surface area contributed by atoms with Crippen molar-refractivity contribution < 1.29 is 18.1 Å². The summed E-state index contributed by atoms with van der Waals surface area (Å²) in [5.74, 6) is 0.415. The first-order valence-corrected chi connectivity index (χ1v) is 8.87. The van der Waals surface area contributed by atoms with Gasteiger partial charge < -0.3 is 4.74 Å². The summed E-state index contributed by atoms with van der Waals surface area (Å²) in [4.78, 5) is 10.2. The van der Waals surface area contributed by atoms with E-state index in [1.165, 1.54) is 12.1 Å². The topological polar surface area (TPSA) is 113 Å². The monoisotopic (exact) mass is 380 g/mol. The van der Waals surface area contributed by atoms with E-state index in [4.69, 9.17) is 9.88 Å². The zero-order valence-electron chi connectivity index (χ0n) is 11.3. The van der Waals surface area contributed by atoms with Crippen LogP contribution in [0.2, 0.25) is 0 Å². The van der Waals surface area contributed by atoms with Crippen LogP contribution in [0, 0.1) is 10.1 Å². The predicted molar refractivity (Wildman–Crippen MR) is 82.7 cm³/mol. The predicted octanol–water partition coefficient (Wildman–Crippen LogP) is 2.59. The van der Waals surface area contributed by atoms with Gasteiger partial charge in [-0.25, -0.2) is 13.6 Å². The van der Waals surface area contributed by atoms with Crippen molar-refractivity contribution >= 4 is 31.6 Å². The number of benzene rings is 1. The fraction of sp³-hybridized carbons (Fsp3) is 0.500. The number of sulfonamides is 1. The van der Waals surface area contributed by atoms with E-state index in [1.54, 1.807) is 6.07 Å². The Hall–Kier alpha value is -1.19. The number of rotatable bonds is 9. The number of nitrogens with zero attached hydrogens (tertiary/aromatic N) is 1. The molecule has 0 aromatic heterocycles. The van der Waals surface area contributed by atoms with Gasteiger partial charge in [0, 0.05) is 6.07 Å². The number of halogens is 1. The van der Waals surface area contributed by atoms with E-state index in [-0.39, 0.29) is 11.4 Å². The zero-order valence-corrected chi connectivity index (χ0v) is 13.7. The van der Waals surface area contributed by atoms with Gasteiger partial charge in [-0.3, -0.25) is 10.1 Å². The Morgan fingerprint density at radius 3 is 2.52 bits per heavy atom. The second-order valence-corrected chi connectivity index (χ2v) is 7.09. The molecule has 1 rings (SSSR count). The highest BCUT2D eigenvalue weighted by Crippen LogP contribution is 2.29. The molecule has 118 valence electrons. The first kappa shape index (κ1) is 17.9. The van der Waals surface area contributed by atoms with Gasteiger partial charge in [0.15, 0.2) is 0 Å². The molecular weight excluding hydrogens is 364 g/mol. The summed E-state index contributed by atoms with van der Waals surface area (Å²) in [6.45, 7) is 0.412. The highest BCUT2D eigenvalue weighted by molar-refractivity contribution is 9.10. The Bertz CT molecular complexity index is 591. The lowest BCUT2D eigenvalue weighted by Crippen LogP contribution is -2.16. The maximum Gasteiger partial charge on any atom is 0.273 e. The number of nitrogens with two attached hydrogens (primary N) is 1. The van der Waals surface area contributed by atoms with Crippen LogP contribution in [0.5, 0.6) is 5.75 Å². The van der Waals surface area contributed by atoms with Crippen LogP contribution in [-0.2, 0) is 10.0 Å². The number of non-ortho nitro benzene ring substituents is 1. The van der Waals surface area contributed by atoms with E-state index >= 15 is 0 Å². The number of unbranched alkanes of at least 4 members (excludes halogenated alkanes) is 3. The lowest BCUT2D eigenvalue weighted by Gasteiger charge is -2.07. The molecule has 0 heterocycles. The van der Waals surface area contributed by atoms with Crippen molar-refractivity contribution in [1.29, 1.82) is 0 Å². The standard InChI is InChI=1S/C12H17BrN2O5S/c13-11-6-5-10(15(16)17)9-12(11)20-7-3-1-2-4-8-21(14,18)19/h5-6,9H,1-4,7-8H2,(H2,14,18,19). The molecule has 2 N–H and O–H groups in total.